The van der Waals surface area contributed by atoms with E-state index in [0.717, 1.165) is 4.90 Å². The number of nitrogens with zero attached hydrogens (tertiary/aromatic N) is 2. The molecule has 2 atom stereocenters. The van der Waals surface area contributed by atoms with Gasteiger partial charge in [-0.1, -0.05) is 42.5 Å². The molecule has 2 saturated heterocycles. The summed E-state index contributed by atoms with van der Waals surface area (Å²) >= 11 is 0. The van der Waals surface area contributed by atoms with E-state index in [1.807, 2.05) is 42.5 Å². The zero-order valence-electron chi connectivity index (χ0n) is 15.8. The lowest BCUT2D eigenvalue weighted by Crippen LogP contribution is -2.46. The van der Waals surface area contributed by atoms with E-state index in [0.29, 0.717) is 44.3 Å². The van der Waals surface area contributed by atoms with Crippen molar-refractivity contribution in [1.82, 2.24) is 9.80 Å². The van der Waals surface area contributed by atoms with Gasteiger partial charge in [-0.3, -0.25) is 24.1 Å². The molecule has 146 valence electrons. The molecule has 0 radical (unpaired) electrons. The number of benzene rings is 1. The van der Waals surface area contributed by atoms with Gasteiger partial charge in [-0.05, 0) is 25.7 Å². The number of hydrogen-bond donors (Lipinski definition) is 0. The summed E-state index contributed by atoms with van der Waals surface area (Å²) < 4.78 is 0. The first-order valence-electron chi connectivity index (χ1n) is 9.93. The summed E-state index contributed by atoms with van der Waals surface area (Å²) in [6.45, 7) is 0.779. The van der Waals surface area contributed by atoms with Crippen molar-refractivity contribution in [2.24, 2.45) is 17.8 Å². The van der Waals surface area contributed by atoms with E-state index in [4.69, 9.17) is 0 Å². The minimum absolute atomic E-state index is 0.0876. The molecule has 0 saturated carbocycles. The fraction of sp³-hybridized carbons (Fsp3) is 0.455. The third kappa shape index (κ3) is 3.39. The van der Waals surface area contributed by atoms with Crippen LogP contribution in [-0.2, 0) is 14.4 Å². The Kier molecular flexibility index (Phi) is 5.11. The second-order valence-electron chi connectivity index (χ2n) is 7.80. The summed E-state index contributed by atoms with van der Waals surface area (Å²) in [4.78, 5) is 53.1. The highest BCUT2D eigenvalue weighted by molar-refractivity contribution is 6.07. The molecule has 6 nitrogen and oxygen atoms in total. The quantitative estimate of drug-likeness (QED) is 0.455. The molecule has 1 aliphatic carbocycles. The number of allylic oxidation sites excluding steroid dienone is 2. The van der Waals surface area contributed by atoms with E-state index in [-0.39, 0.29) is 47.8 Å². The minimum atomic E-state index is -0.306. The molecule has 1 aromatic rings. The molecule has 0 bridgehead atoms. The van der Waals surface area contributed by atoms with Crippen LogP contribution in [0.3, 0.4) is 0 Å². The fourth-order valence-electron chi connectivity index (χ4n) is 4.49. The lowest BCUT2D eigenvalue weighted by atomic mass is 9.85. The minimum Gasteiger partial charge on any atom is -0.341 e. The maximum Gasteiger partial charge on any atom is 0.242 e. The van der Waals surface area contributed by atoms with Crippen LogP contribution in [0.2, 0.25) is 0 Å². The van der Waals surface area contributed by atoms with Gasteiger partial charge in [-0.15, -0.1) is 0 Å². The number of likely N-dealkylation sites (tertiary alicyclic amines) is 2. The first kappa shape index (κ1) is 18.6. The molecule has 2 aliphatic heterocycles. The Bertz CT molecular complexity index is 798. The van der Waals surface area contributed by atoms with Gasteiger partial charge < -0.3 is 4.90 Å². The summed E-state index contributed by atoms with van der Waals surface area (Å²) in [5.41, 5.74) is 0.705. The van der Waals surface area contributed by atoms with Crippen LogP contribution in [0, 0.1) is 17.8 Å². The lowest BCUT2D eigenvalue weighted by Gasteiger charge is -2.32. The van der Waals surface area contributed by atoms with E-state index in [9.17, 15) is 19.2 Å². The number of carbonyl (C=O) groups excluding carboxylic acids is 4. The number of Topliss-reactive ketones (excluding diaryl/α,β-unsaturated/α-hetero) is 1. The number of carbonyl (C=O) groups is 4. The van der Waals surface area contributed by atoms with Gasteiger partial charge in [0.05, 0.1) is 11.8 Å². The number of rotatable bonds is 4. The fourth-order valence-corrected chi connectivity index (χ4v) is 4.49. The van der Waals surface area contributed by atoms with Crippen LogP contribution in [0.1, 0.15) is 36.0 Å². The second kappa shape index (κ2) is 7.70. The molecule has 0 spiro atoms. The maximum absolute atomic E-state index is 12.7. The average molecular weight is 380 g/mol. The molecule has 4 rings (SSSR count). The third-order valence-electron chi connectivity index (χ3n) is 6.17. The van der Waals surface area contributed by atoms with Gasteiger partial charge in [-0.25, -0.2) is 0 Å². The van der Waals surface area contributed by atoms with Crippen LogP contribution >= 0.6 is 0 Å². The first-order chi connectivity index (χ1) is 13.6. The van der Waals surface area contributed by atoms with E-state index >= 15 is 0 Å². The molecule has 2 unspecified atom stereocenters. The molecule has 2 fully saturated rings. The number of amides is 3. The number of hydrogen-bond acceptors (Lipinski definition) is 4. The van der Waals surface area contributed by atoms with Crippen molar-refractivity contribution >= 4 is 23.5 Å². The van der Waals surface area contributed by atoms with Crippen LogP contribution < -0.4 is 0 Å². The van der Waals surface area contributed by atoms with Crippen molar-refractivity contribution < 1.29 is 19.2 Å². The largest absolute Gasteiger partial charge is 0.341 e. The smallest absolute Gasteiger partial charge is 0.242 e. The number of imide groups is 1. The van der Waals surface area contributed by atoms with Gasteiger partial charge in [0.15, 0.2) is 5.78 Å². The Morgan fingerprint density at radius 3 is 2.04 bits per heavy atom. The van der Waals surface area contributed by atoms with Gasteiger partial charge in [0.2, 0.25) is 17.7 Å². The van der Waals surface area contributed by atoms with E-state index in [1.165, 1.54) is 0 Å². The second-order valence-corrected chi connectivity index (χ2v) is 7.80. The summed E-state index contributed by atoms with van der Waals surface area (Å²) in [5, 5.41) is 0. The third-order valence-corrected chi connectivity index (χ3v) is 6.17. The Labute approximate surface area is 164 Å². The van der Waals surface area contributed by atoms with Crippen molar-refractivity contribution in [3.63, 3.8) is 0 Å². The van der Waals surface area contributed by atoms with Gasteiger partial charge in [0.1, 0.15) is 6.54 Å². The molecule has 3 aliphatic rings. The highest BCUT2D eigenvalue weighted by Gasteiger charge is 2.48. The molecule has 6 heteroatoms. The monoisotopic (exact) mass is 380 g/mol. The molecule has 0 N–H and O–H groups in total. The van der Waals surface area contributed by atoms with Gasteiger partial charge in [0.25, 0.3) is 0 Å². The van der Waals surface area contributed by atoms with E-state index in [2.05, 4.69) is 0 Å². The number of piperidine rings is 1. The topological polar surface area (TPSA) is 74.8 Å². The Hall–Kier alpha value is -2.76. The normalized spacial score (nSPS) is 25.1. The first-order valence-corrected chi connectivity index (χ1v) is 9.93. The molecule has 2 heterocycles. The van der Waals surface area contributed by atoms with Crippen LogP contribution in [0.15, 0.2) is 42.5 Å². The Balaban J connectivity index is 1.33. The standard InChI is InChI=1S/C22H24N2O4/c25-19(14-24-21(27)17-8-4-5-9-18(17)22(24)28)23-12-10-16(11-13-23)20(26)15-6-2-1-3-7-15/h1-7,16-18H,8-14H2. The van der Waals surface area contributed by atoms with Crippen LogP contribution in [0.4, 0.5) is 0 Å². The van der Waals surface area contributed by atoms with Crippen molar-refractivity contribution in [1.29, 1.82) is 0 Å². The van der Waals surface area contributed by atoms with Crippen molar-refractivity contribution in [2.75, 3.05) is 19.6 Å². The van der Waals surface area contributed by atoms with Gasteiger partial charge in [0, 0.05) is 24.6 Å². The van der Waals surface area contributed by atoms with Crippen molar-refractivity contribution in [3.05, 3.63) is 48.0 Å². The summed E-state index contributed by atoms with van der Waals surface area (Å²) in [6, 6.07) is 9.22. The summed E-state index contributed by atoms with van der Waals surface area (Å²) in [6.07, 6.45) is 6.24. The molecule has 1 aromatic carbocycles. The Morgan fingerprint density at radius 1 is 0.893 bits per heavy atom. The predicted molar refractivity (Wildman–Crippen MR) is 102 cm³/mol. The number of ketones is 1. The zero-order valence-corrected chi connectivity index (χ0v) is 15.8. The summed E-state index contributed by atoms with van der Waals surface area (Å²) in [7, 11) is 0. The van der Waals surface area contributed by atoms with Crippen molar-refractivity contribution in [2.45, 2.75) is 25.7 Å². The summed E-state index contributed by atoms with van der Waals surface area (Å²) in [5.74, 6) is -1.23. The average Bonchev–Trinajstić information content (AvgIpc) is 2.99. The van der Waals surface area contributed by atoms with Gasteiger partial charge >= 0.3 is 0 Å². The van der Waals surface area contributed by atoms with Crippen molar-refractivity contribution in [3.8, 4) is 0 Å². The maximum atomic E-state index is 12.7. The number of fused-ring (bicyclic) bond motifs is 1. The molecule has 28 heavy (non-hydrogen) atoms. The van der Waals surface area contributed by atoms with E-state index in [1.54, 1.807) is 4.90 Å². The SMILES string of the molecule is O=C(c1ccccc1)C1CCN(C(=O)CN2C(=O)C3CC=CCC3C2=O)CC1. The van der Waals surface area contributed by atoms with E-state index < -0.39 is 0 Å². The Morgan fingerprint density at radius 2 is 1.46 bits per heavy atom. The molecule has 0 aromatic heterocycles. The zero-order chi connectivity index (χ0) is 19.7. The predicted octanol–water partition coefficient (Wildman–Crippen LogP) is 2.06. The van der Waals surface area contributed by atoms with Crippen LogP contribution in [0.5, 0.6) is 0 Å². The van der Waals surface area contributed by atoms with Gasteiger partial charge in [-0.2, -0.15) is 0 Å². The molecule has 3 amide bonds. The molecular weight excluding hydrogens is 356 g/mol. The van der Waals surface area contributed by atoms with Crippen LogP contribution in [0.25, 0.3) is 0 Å². The highest BCUT2D eigenvalue weighted by atomic mass is 16.2. The van der Waals surface area contributed by atoms with Crippen LogP contribution in [-0.4, -0.2) is 52.9 Å². The highest BCUT2D eigenvalue weighted by Crippen LogP contribution is 2.35. The molecular formula is C22H24N2O4. The lowest BCUT2D eigenvalue weighted by molar-refractivity contribution is -0.147.